The topological polar surface area (TPSA) is 111 Å². The summed E-state index contributed by atoms with van der Waals surface area (Å²) < 4.78 is 11.3. The molecule has 0 radical (unpaired) electrons. The number of hydrogen-bond donors (Lipinski definition) is 2. The Hall–Kier alpha value is -2.94. The highest BCUT2D eigenvalue weighted by atomic mass is 16.5. The molecule has 2 aromatic rings. The summed E-state index contributed by atoms with van der Waals surface area (Å²) in [5.74, 6) is -0.950. The molecule has 2 aromatic carbocycles. The molecule has 4 rings (SSSR count). The Bertz CT molecular complexity index is 1030. The maximum atomic E-state index is 13.6. The van der Waals surface area contributed by atoms with Crippen LogP contribution in [0.3, 0.4) is 0 Å². The molecule has 8 heteroatoms. The number of hydrogen-bond acceptors (Lipinski definition) is 7. The van der Waals surface area contributed by atoms with Crippen LogP contribution in [-0.2, 0) is 33.6 Å². The molecule has 188 valence electrons. The number of aryl methyl sites for hydroxylation is 3. The molecule has 35 heavy (non-hydrogen) atoms. The minimum Gasteiger partial charge on any atom is -0.784 e. The van der Waals surface area contributed by atoms with Crippen molar-refractivity contribution >= 4 is 11.9 Å². The first-order valence-electron chi connectivity index (χ1n) is 12.4. The van der Waals surface area contributed by atoms with E-state index in [1.165, 1.54) is 5.56 Å². The van der Waals surface area contributed by atoms with Gasteiger partial charge in [-0.3, -0.25) is 14.9 Å². The number of nitrogens with one attached hydrogen (secondary N) is 1. The normalized spacial score (nSPS) is 20.6. The molecule has 3 atom stereocenters. The van der Waals surface area contributed by atoms with Crippen LogP contribution in [0.4, 0.5) is 0 Å². The van der Waals surface area contributed by atoms with E-state index in [0.717, 1.165) is 41.9 Å². The van der Waals surface area contributed by atoms with Crippen LogP contribution in [-0.4, -0.2) is 47.5 Å². The third kappa shape index (κ3) is 6.20. The van der Waals surface area contributed by atoms with Gasteiger partial charge >= 0.3 is 11.9 Å². The number of nitrogens with zero attached hydrogens (tertiary/aromatic N) is 1. The number of aliphatic carboxylic acids is 1. The SMILES string of the molecule is CCOC(=O)C(CCc1ccccc1)NC1COc2cc3c(cc2C(CC(=O)O)N1[O-])CCCC3. The van der Waals surface area contributed by atoms with Gasteiger partial charge in [0.2, 0.25) is 0 Å². The number of hydroxylamine groups is 2. The van der Waals surface area contributed by atoms with E-state index in [2.05, 4.69) is 5.32 Å². The molecule has 2 N–H and O–H groups in total. The number of rotatable bonds is 9. The number of benzene rings is 2. The van der Waals surface area contributed by atoms with Gasteiger partial charge in [-0.2, -0.15) is 0 Å². The van der Waals surface area contributed by atoms with Crippen LogP contribution in [0.25, 0.3) is 0 Å². The van der Waals surface area contributed by atoms with Gasteiger partial charge < -0.3 is 24.9 Å². The van der Waals surface area contributed by atoms with Crippen LogP contribution in [0, 0.1) is 5.21 Å². The van der Waals surface area contributed by atoms with Gasteiger partial charge in [-0.1, -0.05) is 36.4 Å². The van der Waals surface area contributed by atoms with Crippen LogP contribution in [0.15, 0.2) is 42.5 Å². The number of carbonyl (C=O) groups excluding carboxylic acids is 1. The Labute approximate surface area is 205 Å². The molecule has 1 aliphatic carbocycles. The number of carboxylic acid groups (broad SMARTS) is 1. The first kappa shape index (κ1) is 25.2. The molecular formula is C27H33N2O6-. The van der Waals surface area contributed by atoms with E-state index in [9.17, 15) is 19.9 Å². The van der Waals surface area contributed by atoms with Gasteiger partial charge in [0.1, 0.15) is 18.4 Å². The Morgan fingerprint density at radius 3 is 2.60 bits per heavy atom. The lowest BCUT2D eigenvalue weighted by Crippen LogP contribution is -2.53. The predicted octanol–water partition coefficient (Wildman–Crippen LogP) is 3.75. The Kier molecular flexibility index (Phi) is 8.38. The molecule has 0 aromatic heterocycles. The van der Waals surface area contributed by atoms with E-state index >= 15 is 0 Å². The first-order chi connectivity index (χ1) is 17.0. The van der Waals surface area contributed by atoms with Crippen molar-refractivity contribution < 1.29 is 24.2 Å². The fourth-order valence-corrected chi connectivity index (χ4v) is 4.95. The van der Waals surface area contributed by atoms with Crippen molar-refractivity contribution in [3.8, 4) is 5.75 Å². The Balaban J connectivity index is 1.57. The molecule has 0 spiro atoms. The minimum atomic E-state index is -1.06. The fraction of sp³-hybridized carbons (Fsp3) is 0.481. The summed E-state index contributed by atoms with van der Waals surface area (Å²) in [6.07, 6.45) is 3.82. The lowest BCUT2D eigenvalue weighted by Gasteiger charge is -2.42. The average Bonchev–Trinajstić information content (AvgIpc) is 2.97. The van der Waals surface area contributed by atoms with Gasteiger partial charge in [0.05, 0.1) is 19.2 Å². The third-order valence-electron chi connectivity index (χ3n) is 6.74. The maximum absolute atomic E-state index is 13.6. The molecule has 0 amide bonds. The first-order valence-corrected chi connectivity index (χ1v) is 12.4. The third-order valence-corrected chi connectivity index (χ3v) is 6.74. The summed E-state index contributed by atoms with van der Waals surface area (Å²) in [6.45, 7) is 1.96. The largest absolute Gasteiger partial charge is 0.784 e. The second-order valence-corrected chi connectivity index (χ2v) is 9.16. The van der Waals surface area contributed by atoms with Crippen molar-refractivity contribution in [2.45, 2.75) is 70.1 Å². The molecular weight excluding hydrogens is 448 g/mol. The van der Waals surface area contributed by atoms with Crippen molar-refractivity contribution in [2.24, 2.45) is 0 Å². The van der Waals surface area contributed by atoms with E-state index in [0.29, 0.717) is 24.2 Å². The average molecular weight is 482 g/mol. The summed E-state index contributed by atoms with van der Waals surface area (Å²) in [6, 6.07) is 12.0. The monoisotopic (exact) mass is 481 g/mol. The van der Waals surface area contributed by atoms with E-state index in [4.69, 9.17) is 9.47 Å². The summed E-state index contributed by atoms with van der Waals surface area (Å²) in [7, 11) is 0. The van der Waals surface area contributed by atoms with Crippen LogP contribution < -0.4 is 10.1 Å². The highest BCUT2D eigenvalue weighted by molar-refractivity contribution is 5.75. The van der Waals surface area contributed by atoms with Crippen LogP contribution in [0.5, 0.6) is 5.75 Å². The predicted molar refractivity (Wildman–Crippen MR) is 131 cm³/mol. The second kappa shape index (κ2) is 11.7. The molecule has 8 nitrogen and oxygen atoms in total. The Morgan fingerprint density at radius 1 is 1.20 bits per heavy atom. The van der Waals surface area contributed by atoms with E-state index in [1.807, 2.05) is 42.5 Å². The highest BCUT2D eigenvalue weighted by Gasteiger charge is 2.33. The van der Waals surface area contributed by atoms with Gasteiger partial charge in [0.25, 0.3) is 0 Å². The summed E-state index contributed by atoms with van der Waals surface area (Å²) >= 11 is 0. The van der Waals surface area contributed by atoms with E-state index < -0.39 is 30.2 Å². The van der Waals surface area contributed by atoms with Gasteiger partial charge in [0.15, 0.2) is 0 Å². The van der Waals surface area contributed by atoms with Crippen LogP contribution in [0.2, 0.25) is 0 Å². The molecule has 2 aliphatic rings. The zero-order valence-corrected chi connectivity index (χ0v) is 20.1. The van der Waals surface area contributed by atoms with Gasteiger partial charge in [-0.15, -0.1) is 0 Å². The summed E-state index contributed by atoms with van der Waals surface area (Å²) in [5.41, 5.74) is 4.02. The molecule has 1 heterocycles. The molecule has 3 unspecified atom stereocenters. The molecule has 1 aliphatic heterocycles. The van der Waals surface area contributed by atoms with E-state index in [-0.39, 0.29) is 19.6 Å². The van der Waals surface area contributed by atoms with E-state index in [1.54, 1.807) is 6.92 Å². The molecule has 0 saturated heterocycles. The highest BCUT2D eigenvalue weighted by Crippen LogP contribution is 2.39. The van der Waals surface area contributed by atoms with Gasteiger partial charge in [-0.25, -0.2) is 0 Å². The van der Waals surface area contributed by atoms with Crippen LogP contribution in [0.1, 0.15) is 60.9 Å². The number of carbonyl (C=O) groups is 2. The standard InChI is InChI=1S/C27H33N2O6/c1-2-34-27(32)22(13-12-18-8-4-3-5-9-18)28-25-17-35-24-15-20-11-7-6-10-19(20)14-21(24)23(29(25)33)16-26(30)31/h3-5,8-9,14-15,22-23,25,28H,2,6-7,10-13,16-17H2,1H3,(H,30,31)/q-1. The van der Waals surface area contributed by atoms with Crippen molar-refractivity contribution in [2.75, 3.05) is 13.2 Å². The molecule has 0 saturated carbocycles. The minimum absolute atomic E-state index is 0.00729. The number of fused-ring (bicyclic) bond motifs is 2. The number of esters is 1. The lowest BCUT2D eigenvalue weighted by molar-refractivity contribution is -0.147. The quantitative estimate of drug-likeness (QED) is 0.521. The summed E-state index contributed by atoms with van der Waals surface area (Å²) in [5, 5.41) is 27.0. The second-order valence-electron chi connectivity index (χ2n) is 9.16. The van der Waals surface area contributed by atoms with Gasteiger partial charge in [-0.05, 0) is 68.2 Å². The number of carboxylic acids is 1. The zero-order chi connectivity index (χ0) is 24.8. The van der Waals surface area contributed by atoms with Crippen molar-refractivity contribution in [1.29, 1.82) is 0 Å². The lowest BCUT2D eigenvalue weighted by atomic mass is 9.88. The summed E-state index contributed by atoms with van der Waals surface area (Å²) in [4.78, 5) is 24.4. The van der Waals surface area contributed by atoms with Crippen molar-refractivity contribution in [3.05, 3.63) is 69.9 Å². The zero-order valence-electron chi connectivity index (χ0n) is 20.1. The Morgan fingerprint density at radius 2 is 1.91 bits per heavy atom. The molecule has 0 fully saturated rings. The van der Waals surface area contributed by atoms with Crippen molar-refractivity contribution in [1.82, 2.24) is 10.4 Å². The van der Waals surface area contributed by atoms with Crippen LogP contribution >= 0.6 is 0 Å². The fourth-order valence-electron chi connectivity index (χ4n) is 4.95. The van der Waals surface area contributed by atoms with Gasteiger partial charge in [0, 0.05) is 11.6 Å². The molecule has 0 bridgehead atoms. The number of ether oxygens (including phenoxy) is 2. The van der Waals surface area contributed by atoms with Crippen molar-refractivity contribution in [3.63, 3.8) is 0 Å². The smallest absolute Gasteiger partial charge is 0.323 e. The maximum Gasteiger partial charge on any atom is 0.323 e.